The molecule has 0 radical (unpaired) electrons. The number of hydrogen-bond donors (Lipinski definition) is 1. The van der Waals surface area contributed by atoms with Crippen LogP contribution < -0.4 is 5.32 Å². The highest BCUT2D eigenvalue weighted by molar-refractivity contribution is 5.91. The van der Waals surface area contributed by atoms with Gasteiger partial charge < -0.3 is 5.32 Å². The van der Waals surface area contributed by atoms with Gasteiger partial charge in [0.1, 0.15) is 0 Å². The number of rotatable bonds is 4. The Morgan fingerprint density at radius 3 is 2.72 bits per heavy atom. The fraction of sp³-hybridized carbons (Fsp3) is 0.292. The molecule has 5 heteroatoms. The molecule has 1 aromatic carbocycles. The molecule has 0 saturated carbocycles. The van der Waals surface area contributed by atoms with Gasteiger partial charge in [0.2, 0.25) is 5.91 Å². The van der Waals surface area contributed by atoms with E-state index in [0.717, 1.165) is 29.8 Å². The van der Waals surface area contributed by atoms with Gasteiger partial charge in [0, 0.05) is 17.8 Å². The van der Waals surface area contributed by atoms with E-state index in [1.165, 1.54) is 11.3 Å². The molecule has 148 valence electrons. The van der Waals surface area contributed by atoms with Gasteiger partial charge in [-0.05, 0) is 55.5 Å². The number of nitrogens with one attached hydrogen (secondary N) is 1. The third-order valence-electron chi connectivity index (χ3n) is 5.37. The molecule has 1 aliphatic carbocycles. The largest absolute Gasteiger partial charge is 0.346 e. The molecule has 0 bridgehead atoms. The molecule has 1 N–H and O–H groups in total. The maximum atomic E-state index is 12.6. The van der Waals surface area contributed by atoms with E-state index in [-0.39, 0.29) is 17.4 Å². The highest BCUT2D eigenvalue weighted by Gasteiger charge is 2.35. The van der Waals surface area contributed by atoms with Crippen LogP contribution >= 0.6 is 0 Å². The third kappa shape index (κ3) is 4.29. The van der Waals surface area contributed by atoms with Crippen molar-refractivity contribution < 1.29 is 4.79 Å². The Balaban J connectivity index is 1.59. The quantitative estimate of drug-likeness (QED) is 0.675. The molecule has 29 heavy (non-hydrogen) atoms. The maximum absolute atomic E-state index is 12.6. The van der Waals surface area contributed by atoms with Gasteiger partial charge in [0.15, 0.2) is 0 Å². The lowest BCUT2D eigenvalue weighted by molar-refractivity contribution is -0.117. The number of aromatic nitrogens is 3. The van der Waals surface area contributed by atoms with Crippen molar-refractivity contribution in [1.29, 1.82) is 0 Å². The second kappa shape index (κ2) is 7.66. The number of carbonyl (C=O) groups is 1. The molecular formula is C24H26N4O. The molecule has 0 unspecified atom stereocenters. The van der Waals surface area contributed by atoms with Crippen LogP contribution in [-0.2, 0) is 11.2 Å². The molecule has 0 saturated heterocycles. The third-order valence-corrected chi connectivity index (χ3v) is 5.37. The Hall–Kier alpha value is -3.21. The molecule has 0 aliphatic heterocycles. The molecule has 2 aromatic heterocycles. The van der Waals surface area contributed by atoms with E-state index in [0.29, 0.717) is 0 Å². The number of hydrogen-bond acceptors (Lipinski definition) is 3. The molecule has 1 amide bonds. The lowest BCUT2D eigenvalue weighted by Crippen LogP contribution is -2.36. The second-order valence-corrected chi connectivity index (χ2v) is 8.49. The zero-order valence-corrected chi connectivity index (χ0v) is 17.1. The summed E-state index contributed by atoms with van der Waals surface area (Å²) in [6, 6.07) is 13.9. The van der Waals surface area contributed by atoms with Crippen molar-refractivity contribution >= 4 is 12.0 Å². The molecular weight excluding hydrogens is 360 g/mol. The van der Waals surface area contributed by atoms with E-state index in [9.17, 15) is 4.79 Å². The fourth-order valence-corrected chi connectivity index (χ4v) is 3.94. The monoisotopic (exact) mass is 386 g/mol. The first-order valence-corrected chi connectivity index (χ1v) is 9.95. The summed E-state index contributed by atoms with van der Waals surface area (Å²) in [5, 5.41) is 7.82. The highest BCUT2D eigenvalue weighted by atomic mass is 16.1. The second-order valence-electron chi connectivity index (χ2n) is 8.49. The van der Waals surface area contributed by atoms with E-state index >= 15 is 0 Å². The lowest BCUT2D eigenvalue weighted by Gasteiger charge is -2.35. The van der Waals surface area contributed by atoms with Gasteiger partial charge in [-0.2, -0.15) is 5.10 Å². The van der Waals surface area contributed by atoms with Crippen LogP contribution in [0.15, 0.2) is 60.9 Å². The van der Waals surface area contributed by atoms with Crippen molar-refractivity contribution in [3.63, 3.8) is 0 Å². The summed E-state index contributed by atoms with van der Waals surface area (Å²) < 4.78 is 2.01. The lowest BCUT2D eigenvalue weighted by atomic mass is 9.74. The number of nitrogens with zero attached hydrogens (tertiary/aromatic N) is 3. The predicted molar refractivity (Wildman–Crippen MR) is 115 cm³/mol. The van der Waals surface area contributed by atoms with Crippen LogP contribution in [0.2, 0.25) is 0 Å². The van der Waals surface area contributed by atoms with Crippen molar-refractivity contribution in [2.24, 2.45) is 5.41 Å². The zero-order chi connectivity index (χ0) is 20.4. The van der Waals surface area contributed by atoms with E-state index in [4.69, 9.17) is 0 Å². The molecule has 0 fully saturated rings. The SMILES string of the molecule is Cc1ccc(-n2ncc3c2CC(C)(C)C[C@@H]3NC(=O)/C=C/c2ccccn2)cc1. The predicted octanol–water partition coefficient (Wildman–Crippen LogP) is 4.42. The van der Waals surface area contributed by atoms with Crippen molar-refractivity contribution in [1.82, 2.24) is 20.1 Å². The van der Waals surface area contributed by atoms with E-state index < -0.39 is 0 Å². The molecule has 2 heterocycles. The maximum Gasteiger partial charge on any atom is 0.244 e. The number of amides is 1. The van der Waals surface area contributed by atoms with Crippen LogP contribution in [0.5, 0.6) is 0 Å². The molecule has 0 spiro atoms. The first kappa shape index (κ1) is 19.1. The average Bonchev–Trinajstić information content (AvgIpc) is 3.10. The van der Waals surface area contributed by atoms with Crippen LogP contribution in [-0.4, -0.2) is 20.7 Å². The van der Waals surface area contributed by atoms with Gasteiger partial charge in [0.05, 0.1) is 29.3 Å². The Kier molecular flexibility index (Phi) is 5.05. The molecule has 1 aliphatic rings. The van der Waals surface area contributed by atoms with Crippen LogP contribution in [0.4, 0.5) is 0 Å². The Bertz CT molecular complexity index is 1030. The number of benzene rings is 1. The van der Waals surface area contributed by atoms with Gasteiger partial charge >= 0.3 is 0 Å². The summed E-state index contributed by atoms with van der Waals surface area (Å²) in [4.78, 5) is 16.8. The first-order valence-electron chi connectivity index (χ1n) is 9.95. The van der Waals surface area contributed by atoms with Gasteiger partial charge in [-0.3, -0.25) is 9.78 Å². The smallest absolute Gasteiger partial charge is 0.244 e. The summed E-state index contributed by atoms with van der Waals surface area (Å²) in [5.74, 6) is -0.118. The van der Waals surface area contributed by atoms with E-state index in [1.54, 1.807) is 18.3 Å². The zero-order valence-electron chi connectivity index (χ0n) is 17.1. The summed E-state index contributed by atoms with van der Waals surface area (Å²) in [7, 11) is 0. The minimum absolute atomic E-state index is 0.0613. The molecule has 4 rings (SSSR count). The van der Waals surface area contributed by atoms with Crippen LogP contribution in [0.1, 0.15) is 48.8 Å². The van der Waals surface area contributed by atoms with Crippen molar-refractivity contribution in [2.45, 2.75) is 39.7 Å². The average molecular weight is 386 g/mol. The normalized spacial score (nSPS) is 17.8. The van der Waals surface area contributed by atoms with E-state index in [1.807, 2.05) is 29.1 Å². The molecule has 3 aromatic rings. The Morgan fingerprint density at radius 2 is 2.00 bits per heavy atom. The van der Waals surface area contributed by atoms with Gasteiger partial charge in [0.25, 0.3) is 0 Å². The summed E-state index contributed by atoms with van der Waals surface area (Å²) in [6.45, 7) is 6.56. The van der Waals surface area contributed by atoms with Crippen molar-refractivity contribution in [2.75, 3.05) is 0 Å². The Morgan fingerprint density at radius 1 is 1.21 bits per heavy atom. The summed E-state index contributed by atoms with van der Waals surface area (Å²) in [6.07, 6.45) is 8.70. The van der Waals surface area contributed by atoms with Gasteiger partial charge in [-0.15, -0.1) is 0 Å². The van der Waals surface area contributed by atoms with Gasteiger partial charge in [-0.1, -0.05) is 37.6 Å². The summed E-state index contributed by atoms with van der Waals surface area (Å²) in [5.41, 5.74) is 5.38. The number of pyridine rings is 1. The Labute approximate surface area is 171 Å². The van der Waals surface area contributed by atoms with Crippen molar-refractivity contribution in [3.05, 3.63) is 83.4 Å². The topological polar surface area (TPSA) is 59.8 Å². The van der Waals surface area contributed by atoms with Crippen LogP contribution in [0.3, 0.4) is 0 Å². The molecule has 5 nitrogen and oxygen atoms in total. The minimum Gasteiger partial charge on any atom is -0.346 e. The minimum atomic E-state index is -0.118. The highest BCUT2D eigenvalue weighted by Crippen LogP contribution is 2.41. The fourth-order valence-electron chi connectivity index (χ4n) is 3.94. The standard InChI is InChI=1S/C24H26N4O/c1-17-7-10-19(11-8-17)28-22-15-24(2,3)14-21(20(22)16-26-28)27-23(29)12-9-18-6-4-5-13-25-18/h4-13,16,21H,14-15H2,1-3H3,(H,27,29)/b12-9+/t21-/m0/s1. The molecule has 1 atom stereocenters. The number of carbonyl (C=O) groups excluding carboxylic acids is 1. The first-order chi connectivity index (χ1) is 13.9. The summed E-state index contributed by atoms with van der Waals surface area (Å²) >= 11 is 0. The van der Waals surface area contributed by atoms with Crippen LogP contribution in [0.25, 0.3) is 11.8 Å². The number of aryl methyl sites for hydroxylation is 1. The van der Waals surface area contributed by atoms with Gasteiger partial charge in [-0.25, -0.2) is 4.68 Å². The van der Waals surface area contributed by atoms with E-state index in [2.05, 4.69) is 60.4 Å². The van der Waals surface area contributed by atoms with Crippen LogP contribution in [0, 0.1) is 12.3 Å². The van der Waals surface area contributed by atoms with Crippen molar-refractivity contribution in [3.8, 4) is 5.69 Å². The number of fused-ring (bicyclic) bond motifs is 1.